The summed E-state index contributed by atoms with van der Waals surface area (Å²) in [5, 5.41) is 43.4. The number of anilines is 3. The van der Waals surface area contributed by atoms with Crippen molar-refractivity contribution in [3.63, 3.8) is 0 Å². The van der Waals surface area contributed by atoms with E-state index < -0.39 is 33.3 Å². The number of benzene rings is 2. The van der Waals surface area contributed by atoms with Gasteiger partial charge >= 0.3 is 7.32 Å². The van der Waals surface area contributed by atoms with Crippen LogP contribution in [-0.2, 0) is 20.0 Å². The van der Waals surface area contributed by atoms with Crippen molar-refractivity contribution < 1.29 is 46.9 Å². The summed E-state index contributed by atoms with van der Waals surface area (Å²) in [7, 11) is -9.47. The number of carbonyl (C=O) groups excluding carboxylic acids is 1. The molecule has 2 aromatic rings. The van der Waals surface area contributed by atoms with Gasteiger partial charge in [0, 0.05) is 11.3 Å². The fourth-order valence-electron chi connectivity index (χ4n) is 2.06. The monoisotopic (exact) mass is 477 g/mol. The maximum Gasteiger partial charge on any atom is 0.631 e. The molecule has 16 heteroatoms. The molecule has 31 heavy (non-hydrogen) atoms. The van der Waals surface area contributed by atoms with Gasteiger partial charge in [0.1, 0.15) is 11.5 Å². The highest BCUT2D eigenvalue weighted by Gasteiger charge is 2.14. The molecule has 0 saturated heterocycles. The Kier molecular flexibility index (Phi) is 8.65. The Morgan fingerprint density at radius 2 is 1.23 bits per heavy atom. The van der Waals surface area contributed by atoms with E-state index >= 15 is 0 Å². The third-order valence-corrected chi connectivity index (χ3v) is 4.29. The first-order valence-electron chi connectivity index (χ1n) is 8.04. The summed E-state index contributed by atoms with van der Waals surface area (Å²) in [6.45, 7) is 0. The predicted molar refractivity (Wildman–Crippen MR) is 114 cm³/mol. The van der Waals surface area contributed by atoms with Crippen molar-refractivity contribution in [2.24, 2.45) is 0 Å². The zero-order chi connectivity index (χ0) is 24.0. The van der Waals surface area contributed by atoms with E-state index in [-0.39, 0.29) is 34.1 Å². The van der Waals surface area contributed by atoms with Gasteiger partial charge in [0.05, 0.1) is 23.9 Å². The van der Waals surface area contributed by atoms with Gasteiger partial charge in [-0.2, -0.15) is 0 Å². The minimum absolute atomic E-state index is 0.0321. The molecule has 2 aromatic carbocycles. The van der Waals surface area contributed by atoms with Crippen LogP contribution < -0.4 is 14.8 Å². The summed E-state index contributed by atoms with van der Waals surface area (Å²) in [4.78, 5) is 12.4. The molecule has 170 valence electrons. The van der Waals surface area contributed by atoms with Crippen LogP contribution >= 0.6 is 0 Å². The lowest BCUT2D eigenvalue weighted by Crippen LogP contribution is -2.14. The third kappa shape index (κ3) is 10.0. The molecule has 1 amide bonds. The minimum Gasteiger partial charge on any atom is -0.506 e. The molecule has 8 N–H and O–H groups in total. The molecule has 0 spiro atoms. The fraction of sp³-hybridized carbons (Fsp3) is 0.133. The van der Waals surface area contributed by atoms with Crippen LogP contribution in [0.25, 0.3) is 0 Å². The van der Waals surface area contributed by atoms with Crippen LogP contribution in [0, 0.1) is 0 Å². The highest BCUT2D eigenvalue weighted by atomic mass is 32.2. The SMILES string of the molecule is CS(=O)(=O)Nc1cc(NC(=O)c2ccc(O)c(NS(C)(=O)=O)c2)ccc1O.OB(O)O. The van der Waals surface area contributed by atoms with Crippen LogP contribution in [0.4, 0.5) is 17.1 Å². The van der Waals surface area contributed by atoms with Crippen LogP contribution in [-0.4, -0.2) is 67.9 Å². The van der Waals surface area contributed by atoms with E-state index in [2.05, 4.69) is 14.8 Å². The highest BCUT2D eigenvalue weighted by molar-refractivity contribution is 7.92. The number of carbonyl (C=O) groups is 1. The third-order valence-electron chi connectivity index (χ3n) is 3.10. The predicted octanol–water partition coefficient (Wildman–Crippen LogP) is -0.959. The lowest BCUT2D eigenvalue weighted by molar-refractivity contribution is 0.102. The van der Waals surface area contributed by atoms with Crippen molar-refractivity contribution in [1.82, 2.24) is 0 Å². The van der Waals surface area contributed by atoms with E-state index in [0.29, 0.717) is 0 Å². The molecule has 0 atom stereocenters. The second-order valence-corrected chi connectivity index (χ2v) is 9.51. The van der Waals surface area contributed by atoms with Crippen molar-refractivity contribution >= 4 is 50.3 Å². The van der Waals surface area contributed by atoms with Gasteiger partial charge in [-0.25, -0.2) is 16.8 Å². The van der Waals surface area contributed by atoms with Gasteiger partial charge < -0.3 is 30.6 Å². The Morgan fingerprint density at radius 1 is 0.806 bits per heavy atom. The lowest BCUT2D eigenvalue weighted by atomic mass is 10.1. The maximum atomic E-state index is 12.4. The standard InChI is InChI=1S/C15H17N3O7S2.BH3O3/c1-26(22,23)17-11-7-9(3-5-13(11)19)15(21)16-10-4-6-14(20)12(8-10)18-27(2,24)25;2-1(3)4/h3-8,17-20H,1-2H3,(H,16,21);2-4H. The van der Waals surface area contributed by atoms with Gasteiger partial charge in [0.15, 0.2) is 0 Å². The summed E-state index contributed by atoms with van der Waals surface area (Å²) in [5.74, 6) is -1.34. The number of hydrogen-bond donors (Lipinski definition) is 8. The number of aromatic hydroxyl groups is 2. The summed E-state index contributed by atoms with van der Waals surface area (Å²) >= 11 is 0. The molecule has 0 saturated carbocycles. The molecular weight excluding hydrogens is 457 g/mol. The second-order valence-electron chi connectivity index (χ2n) is 6.01. The normalized spacial score (nSPS) is 11.0. The van der Waals surface area contributed by atoms with E-state index in [1.165, 1.54) is 24.3 Å². The van der Waals surface area contributed by atoms with Crippen molar-refractivity contribution in [3.05, 3.63) is 42.0 Å². The van der Waals surface area contributed by atoms with Gasteiger partial charge in [-0.05, 0) is 36.4 Å². The van der Waals surface area contributed by atoms with Gasteiger partial charge in [-0.15, -0.1) is 0 Å². The maximum absolute atomic E-state index is 12.4. The number of phenols is 2. The van der Waals surface area contributed by atoms with Crippen LogP contribution in [0.5, 0.6) is 11.5 Å². The number of nitrogens with one attached hydrogen (secondary N) is 3. The first-order valence-corrected chi connectivity index (χ1v) is 11.8. The Labute approximate surface area is 178 Å². The van der Waals surface area contributed by atoms with Crippen molar-refractivity contribution in [1.29, 1.82) is 0 Å². The summed E-state index contributed by atoms with van der Waals surface area (Å²) in [6.07, 6.45) is 1.80. The first kappa shape index (κ1) is 26.0. The molecule has 0 unspecified atom stereocenters. The molecule has 0 radical (unpaired) electrons. The summed E-state index contributed by atoms with van der Waals surface area (Å²) in [5.41, 5.74) is -0.0879. The molecule has 0 aliphatic heterocycles. The quantitative estimate of drug-likeness (QED) is 0.145. The summed E-state index contributed by atoms with van der Waals surface area (Å²) < 4.78 is 49.4. The van der Waals surface area contributed by atoms with Crippen LogP contribution in [0.15, 0.2) is 36.4 Å². The van der Waals surface area contributed by atoms with Crippen molar-refractivity contribution in [2.45, 2.75) is 0 Å². The van der Waals surface area contributed by atoms with Gasteiger partial charge in [-0.3, -0.25) is 14.2 Å². The Bertz CT molecular complexity index is 1150. The van der Waals surface area contributed by atoms with Crippen LogP contribution in [0.1, 0.15) is 10.4 Å². The van der Waals surface area contributed by atoms with E-state index in [9.17, 15) is 31.8 Å². The largest absolute Gasteiger partial charge is 0.631 e. The lowest BCUT2D eigenvalue weighted by Gasteiger charge is -2.11. The number of rotatable bonds is 6. The molecule has 0 bridgehead atoms. The number of hydrogen-bond acceptors (Lipinski definition) is 10. The van der Waals surface area contributed by atoms with E-state index in [1.54, 1.807) is 0 Å². The molecule has 0 aliphatic carbocycles. The van der Waals surface area contributed by atoms with E-state index in [1.807, 2.05) is 0 Å². The Morgan fingerprint density at radius 3 is 1.68 bits per heavy atom. The molecule has 2 rings (SSSR count). The molecular formula is C15H20BN3O10S2. The average molecular weight is 477 g/mol. The molecule has 0 fully saturated rings. The van der Waals surface area contributed by atoms with Gasteiger partial charge in [-0.1, -0.05) is 0 Å². The summed E-state index contributed by atoms with van der Waals surface area (Å²) in [6, 6.07) is 7.31. The number of sulfonamides is 2. The number of phenolic OH excluding ortho intramolecular Hbond substituents is 2. The zero-order valence-electron chi connectivity index (χ0n) is 16.1. The fourth-order valence-corrected chi connectivity index (χ4v) is 3.18. The molecule has 13 nitrogen and oxygen atoms in total. The Balaban J connectivity index is 0.00000110. The molecule has 0 aliphatic rings. The van der Waals surface area contributed by atoms with Crippen molar-refractivity contribution in [3.8, 4) is 11.5 Å². The van der Waals surface area contributed by atoms with Crippen LogP contribution in [0.2, 0.25) is 0 Å². The highest BCUT2D eigenvalue weighted by Crippen LogP contribution is 2.29. The minimum atomic E-state index is -3.66. The van der Waals surface area contributed by atoms with Gasteiger partial charge in [0.2, 0.25) is 20.0 Å². The topological polar surface area (TPSA) is 223 Å². The van der Waals surface area contributed by atoms with E-state index in [0.717, 1.165) is 24.6 Å². The molecule has 0 heterocycles. The van der Waals surface area contributed by atoms with Crippen molar-refractivity contribution in [2.75, 3.05) is 27.3 Å². The number of amides is 1. The smallest absolute Gasteiger partial charge is 0.506 e. The van der Waals surface area contributed by atoms with E-state index in [4.69, 9.17) is 15.1 Å². The first-order chi connectivity index (χ1) is 14.1. The van der Waals surface area contributed by atoms with Gasteiger partial charge in [0.25, 0.3) is 5.91 Å². The second kappa shape index (κ2) is 10.3. The molecule has 0 aromatic heterocycles. The zero-order valence-corrected chi connectivity index (χ0v) is 17.8. The average Bonchev–Trinajstić information content (AvgIpc) is 2.57. The Hall–Kier alpha value is -3.05. The van der Waals surface area contributed by atoms with Crippen LogP contribution in [0.3, 0.4) is 0 Å².